The number of hydrogen-bond acceptors (Lipinski definition) is 1. The van der Waals surface area contributed by atoms with Crippen LogP contribution in [0.1, 0.15) is 51.9 Å². The van der Waals surface area contributed by atoms with Crippen LogP contribution in [0, 0.1) is 5.92 Å². The molecular weight excluding hydrogens is 136 g/mol. The Morgan fingerprint density at radius 3 is 2.55 bits per heavy atom. The van der Waals surface area contributed by atoms with Crippen molar-refractivity contribution in [3.8, 4) is 0 Å². The Morgan fingerprint density at radius 1 is 1.36 bits per heavy atom. The standard InChI is InChI=1S/C10H20O/c1-9(11)5-4-8-10-6-2-3-7-10/h9-11H,2-8H2,1H3/t9-/m0/s1. The molecule has 1 N–H and O–H groups in total. The van der Waals surface area contributed by atoms with Crippen LogP contribution in [0.25, 0.3) is 0 Å². The van der Waals surface area contributed by atoms with Crippen molar-refractivity contribution < 1.29 is 5.11 Å². The average molecular weight is 156 g/mol. The summed E-state index contributed by atoms with van der Waals surface area (Å²) in [6, 6.07) is 0. The molecule has 0 unspecified atom stereocenters. The normalized spacial score (nSPS) is 22.4. The van der Waals surface area contributed by atoms with Crippen LogP contribution in [0.3, 0.4) is 0 Å². The quantitative estimate of drug-likeness (QED) is 0.663. The molecule has 1 atom stereocenters. The molecule has 0 heterocycles. The van der Waals surface area contributed by atoms with E-state index in [9.17, 15) is 0 Å². The highest BCUT2D eigenvalue weighted by Crippen LogP contribution is 2.28. The lowest BCUT2D eigenvalue weighted by Gasteiger charge is -2.08. The molecule has 1 saturated carbocycles. The van der Waals surface area contributed by atoms with Crippen molar-refractivity contribution in [1.82, 2.24) is 0 Å². The summed E-state index contributed by atoms with van der Waals surface area (Å²) >= 11 is 0. The predicted molar refractivity (Wildman–Crippen MR) is 47.5 cm³/mol. The Balaban J connectivity index is 1.94. The highest BCUT2D eigenvalue weighted by molar-refractivity contribution is 4.67. The van der Waals surface area contributed by atoms with Gasteiger partial charge >= 0.3 is 0 Å². The minimum atomic E-state index is -0.0867. The molecule has 1 aliphatic carbocycles. The maximum Gasteiger partial charge on any atom is 0.0512 e. The third-order valence-electron chi connectivity index (χ3n) is 2.71. The van der Waals surface area contributed by atoms with Crippen LogP contribution in [0.4, 0.5) is 0 Å². The summed E-state index contributed by atoms with van der Waals surface area (Å²) < 4.78 is 0. The molecule has 0 spiro atoms. The molecule has 0 amide bonds. The fraction of sp³-hybridized carbons (Fsp3) is 1.00. The van der Waals surface area contributed by atoms with Crippen LogP contribution < -0.4 is 0 Å². The minimum Gasteiger partial charge on any atom is -0.393 e. The molecule has 1 nitrogen and oxygen atoms in total. The van der Waals surface area contributed by atoms with E-state index in [0.717, 1.165) is 12.3 Å². The molecule has 11 heavy (non-hydrogen) atoms. The van der Waals surface area contributed by atoms with Gasteiger partial charge in [-0.05, 0) is 19.3 Å². The van der Waals surface area contributed by atoms with Gasteiger partial charge in [-0.2, -0.15) is 0 Å². The van der Waals surface area contributed by atoms with E-state index >= 15 is 0 Å². The van der Waals surface area contributed by atoms with Gasteiger partial charge in [-0.1, -0.05) is 38.5 Å². The second-order valence-electron chi connectivity index (χ2n) is 3.93. The van der Waals surface area contributed by atoms with Gasteiger partial charge in [-0.3, -0.25) is 0 Å². The van der Waals surface area contributed by atoms with E-state index in [1.807, 2.05) is 6.92 Å². The van der Waals surface area contributed by atoms with Gasteiger partial charge in [-0.25, -0.2) is 0 Å². The van der Waals surface area contributed by atoms with E-state index in [2.05, 4.69) is 0 Å². The molecule has 1 aliphatic rings. The lowest BCUT2D eigenvalue weighted by molar-refractivity contribution is 0.178. The van der Waals surface area contributed by atoms with Gasteiger partial charge in [0.2, 0.25) is 0 Å². The van der Waals surface area contributed by atoms with Gasteiger partial charge in [0, 0.05) is 0 Å². The highest BCUT2D eigenvalue weighted by Gasteiger charge is 2.14. The second-order valence-corrected chi connectivity index (χ2v) is 3.93. The summed E-state index contributed by atoms with van der Waals surface area (Å²) in [6.45, 7) is 1.88. The molecule has 0 aromatic rings. The molecular formula is C10H20O. The highest BCUT2D eigenvalue weighted by atomic mass is 16.3. The van der Waals surface area contributed by atoms with Gasteiger partial charge in [0.15, 0.2) is 0 Å². The summed E-state index contributed by atoms with van der Waals surface area (Å²) in [5.74, 6) is 0.994. The number of hydrogen-bond donors (Lipinski definition) is 1. The smallest absolute Gasteiger partial charge is 0.0512 e. The largest absolute Gasteiger partial charge is 0.393 e. The van der Waals surface area contributed by atoms with Gasteiger partial charge in [-0.15, -0.1) is 0 Å². The third-order valence-corrected chi connectivity index (χ3v) is 2.71. The molecule has 1 rings (SSSR count). The fourth-order valence-corrected chi connectivity index (χ4v) is 2.00. The monoisotopic (exact) mass is 156 g/mol. The van der Waals surface area contributed by atoms with E-state index in [0.29, 0.717) is 0 Å². The number of aliphatic hydroxyl groups excluding tert-OH is 1. The van der Waals surface area contributed by atoms with Crippen molar-refractivity contribution in [3.05, 3.63) is 0 Å². The summed E-state index contributed by atoms with van der Waals surface area (Å²) in [6.07, 6.45) is 9.26. The molecule has 1 fully saturated rings. The van der Waals surface area contributed by atoms with E-state index in [4.69, 9.17) is 5.11 Å². The van der Waals surface area contributed by atoms with E-state index in [1.54, 1.807) is 0 Å². The van der Waals surface area contributed by atoms with Crippen molar-refractivity contribution in [2.45, 2.75) is 58.0 Å². The maximum absolute atomic E-state index is 9.03. The van der Waals surface area contributed by atoms with Crippen LogP contribution in [-0.4, -0.2) is 11.2 Å². The van der Waals surface area contributed by atoms with E-state index in [1.165, 1.54) is 38.5 Å². The molecule has 0 saturated heterocycles. The Bertz CT molecular complexity index is 93.0. The lowest BCUT2D eigenvalue weighted by atomic mass is 10.00. The van der Waals surface area contributed by atoms with Crippen LogP contribution in [0.15, 0.2) is 0 Å². The lowest BCUT2D eigenvalue weighted by Crippen LogP contribution is -2.01. The molecule has 66 valence electrons. The van der Waals surface area contributed by atoms with Crippen LogP contribution in [0.5, 0.6) is 0 Å². The number of rotatable bonds is 4. The Hall–Kier alpha value is -0.0400. The topological polar surface area (TPSA) is 20.2 Å². The Kier molecular flexibility index (Phi) is 3.92. The van der Waals surface area contributed by atoms with Gasteiger partial charge in [0.05, 0.1) is 6.10 Å². The predicted octanol–water partition coefficient (Wildman–Crippen LogP) is 2.73. The SMILES string of the molecule is C[C@H](O)CCCC1CCCC1. The van der Waals surface area contributed by atoms with Crippen LogP contribution in [-0.2, 0) is 0 Å². The van der Waals surface area contributed by atoms with Crippen molar-refractivity contribution in [1.29, 1.82) is 0 Å². The molecule has 0 aliphatic heterocycles. The maximum atomic E-state index is 9.03. The first kappa shape index (κ1) is 9.05. The van der Waals surface area contributed by atoms with E-state index in [-0.39, 0.29) is 6.10 Å². The Labute approximate surface area is 69.8 Å². The van der Waals surface area contributed by atoms with Gasteiger partial charge in [0.25, 0.3) is 0 Å². The molecule has 0 aromatic carbocycles. The van der Waals surface area contributed by atoms with Crippen molar-refractivity contribution >= 4 is 0 Å². The second kappa shape index (κ2) is 4.76. The van der Waals surface area contributed by atoms with Crippen molar-refractivity contribution in [2.24, 2.45) is 5.92 Å². The van der Waals surface area contributed by atoms with Crippen molar-refractivity contribution in [2.75, 3.05) is 0 Å². The zero-order chi connectivity index (χ0) is 8.10. The zero-order valence-corrected chi connectivity index (χ0v) is 7.55. The van der Waals surface area contributed by atoms with E-state index < -0.39 is 0 Å². The number of aliphatic hydroxyl groups is 1. The van der Waals surface area contributed by atoms with Crippen LogP contribution >= 0.6 is 0 Å². The summed E-state index contributed by atoms with van der Waals surface area (Å²) in [5.41, 5.74) is 0. The van der Waals surface area contributed by atoms with Gasteiger partial charge < -0.3 is 5.11 Å². The third kappa shape index (κ3) is 3.76. The minimum absolute atomic E-state index is 0.0867. The first-order chi connectivity index (χ1) is 5.29. The fourth-order valence-electron chi connectivity index (χ4n) is 2.00. The van der Waals surface area contributed by atoms with Crippen LogP contribution in [0.2, 0.25) is 0 Å². The molecule has 0 radical (unpaired) electrons. The average Bonchev–Trinajstić information content (AvgIpc) is 2.39. The first-order valence-corrected chi connectivity index (χ1v) is 4.97. The van der Waals surface area contributed by atoms with Gasteiger partial charge in [0.1, 0.15) is 0 Å². The molecule has 1 heteroatoms. The summed E-state index contributed by atoms with van der Waals surface area (Å²) in [5, 5.41) is 9.03. The summed E-state index contributed by atoms with van der Waals surface area (Å²) in [4.78, 5) is 0. The Morgan fingerprint density at radius 2 is 2.00 bits per heavy atom. The summed E-state index contributed by atoms with van der Waals surface area (Å²) in [7, 11) is 0. The first-order valence-electron chi connectivity index (χ1n) is 4.97. The van der Waals surface area contributed by atoms with Crippen molar-refractivity contribution in [3.63, 3.8) is 0 Å². The molecule has 0 aromatic heterocycles. The zero-order valence-electron chi connectivity index (χ0n) is 7.55. The molecule has 0 bridgehead atoms.